The third-order valence-corrected chi connectivity index (χ3v) is 4.71. The van der Waals surface area contributed by atoms with Gasteiger partial charge in [-0.1, -0.05) is 48.5 Å². The number of amides is 1. The highest BCUT2D eigenvalue weighted by molar-refractivity contribution is 5.94. The molecule has 0 aliphatic carbocycles. The van der Waals surface area contributed by atoms with Crippen molar-refractivity contribution in [2.75, 3.05) is 0 Å². The predicted molar refractivity (Wildman–Crippen MR) is 109 cm³/mol. The monoisotopic (exact) mass is 370 g/mol. The molecule has 2 heterocycles. The Morgan fingerprint density at radius 3 is 2.29 bits per heavy atom. The smallest absolute Gasteiger partial charge is 0.254 e. The molecule has 0 N–H and O–H groups in total. The number of hydrogen-bond donors (Lipinski definition) is 0. The van der Waals surface area contributed by atoms with Gasteiger partial charge in [0.2, 0.25) is 0 Å². The lowest BCUT2D eigenvalue weighted by Crippen LogP contribution is -2.31. The van der Waals surface area contributed by atoms with Crippen LogP contribution in [0.25, 0.3) is 0 Å². The van der Waals surface area contributed by atoms with Crippen molar-refractivity contribution in [3.63, 3.8) is 0 Å². The van der Waals surface area contributed by atoms with Crippen LogP contribution in [0, 0.1) is 0 Å². The molecule has 0 radical (unpaired) electrons. The molecule has 1 amide bonds. The fourth-order valence-electron chi connectivity index (χ4n) is 3.28. The van der Waals surface area contributed by atoms with Crippen molar-refractivity contribution in [3.05, 3.63) is 120 Å². The molecule has 0 saturated heterocycles. The normalized spacial score (nSPS) is 10.7. The van der Waals surface area contributed by atoms with Gasteiger partial charge in [0.25, 0.3) is 5.91 Å². The Balaban J connectivity index is 1.58. The van der Waals surface area contributed by atoms with E-state index in [9.17, 15) is 4.79 Å². The largest absolute Gasteiger partial charge is 0.467 e. The molecular weight excluding hydrogens is 348 g/mol. The van der Waals surface area contributed by atoms with E-state index in [-0.39, 0.29) is 5.91 Å². The molecule has 28 heavy (non-hydrogen) atoms. The molecule has 4 rings (SSSR count). The summed E-state index contributed by atoms with van der Waals surface area (Å²) in [4.78, 5) is 15.0. The number of carbonyl (C=O) groups is 1. The number of carbonyl (C=O) groups excluding carboxylic acids is 1. The van der Waals surface area contributed by atoms with Crippen LogP contribution in [0.2, 0.25) is 0 Å². The third-order valence-electron chi connectivity index (χ3n) is 4.71. The summed E-state index contributed by atoms with van der Waals surface area (Å²) >= 11 is 0. The zero-order valence-corrected chi connectivity index (χ0v) is 15.6. The van der Waals surface area contributed by atoms with Crippen LogP contribution >= 0.6 is 0 Å². The zero-order chi connectivity index (χ0) is 19.2. The minimum atomic E-state index is -0.00976. The maximum atomic E-state index is 13.1. The number of benzene rings is 2. The predicted octanol–water partition coefficient (Wildman–Crippen LogP) is 4.97. The van der Waals surface area contributed by atoms with Gasteiger partial charge in [0.15, 0.2) is 0 Å². The van der Waals surface area contributed by atoms with Gasteiger partial charge >= 0.3 is 0 Å². The first kappa shape index (κ1) is 17.9. The fraction of sp³-hybridized carbons (Fsp3) is 0.125. The van der Waals surface area contributed by atoms with Crippen molar-refractivity contribution < 1.29 is 9.21 Å². The number of rotatable bonds is 7. The van der Waals surface area contributed by atoms with E-state index in [0.717, 1.165) is 18.0 Å². The number of hydrogen-bond acceptors (Lipinski definition) is 2. The van der Waals surface area contributed by atoms with Gasteiger partial charge < -0.3 is 13.9 Å². The van der Waals surface area contributed by atoms with E-state index in [1.807, 2.05) is 71.6 Å². The van der Waals surface area contributed by atoms with E-state index < -0.39 is 0 Å². The van der Waals surface area contributed by atoms with Gasteiger partial charge in [-0.15, -0.1) is 0 Å². The summed E-state index contributed by atoms with van der Waals surface area (Å²) in [6.07, 6.45) is 3.69. The van der Waals surface area contributed by atoms with E-state index in [1.54, 1.807) is 6.26 Å². The summed E-state index contributed by atoms with van der Waals surface area (Å²) in [6, 6.07) is 27.5. The Bertz CT molecular complexity index is 1010. The molecule has 4 nitrogen and oxygen atoms in total. The molecule has 0 bridgehead atoms. The van der Waals surface area contributed by atoms with E-state index in [1.165, 1.54) is 5.56 Å². The summed E-state index contributed by atoms with van der Waals surface area (Å²) in [7, 11) is 0. The van der Waals surface area contributed by atoms with Crippen molar-refractivity contribution in [3.8, 4) is 0 Å². The first-order valence-electron chi connectivity index (χ1n) is 9.34. The van der Waals surface area contributed by atoms with Crippen LogP contribution < -0.4 is 0 Å². The average Bonchev–Trinajstić information content (AvgIpc) is 3.41. The standard InChI is InChI=1S/C24H22N2O2/c27-24(21-11-5-2-6-12-21)26(19-23-14-8-16-28-23)18-22-13-7-15-25(22)17-20-9-3-1-4-10-20/h1-16H,17-19H2. The first-order valence-corrected chi connectivity index (χ1v) is 9.34. The van der Waals surface area contributed by atoms with Gasteiger partial charge in [-0.05, 0) is 42.0 Å². The highest BCUT2D eigenvalue weighted by Gasteiger charge is 2.19. The topological polar surface area (TPSA) is 38.4 Å². The van der Waals surface area contributed by atoms with Crippen LogP contribution in [-0.4, -0.2) is 15.4 Å². The summed E-state index contributed by atoms with van der Waals surface area (Å²) in [6.45, 7) is 1.71. The van der Waals surface area contributed by atoms with E-state index in [0.29, 0.717) is 18.7 Å². The highest BCUT2D eigenvalue weighted by atomic mass is 16.3. The molecule has 0 spiro atoms. The first-order chi connectivity index (χ1) is 13.8. The lowest BCUT2D eigenvalue weighted by molar-refractivity contribution is 0.0713. The van der Waals surface area contributed by atoms with Gasteiger partial charge in [0.05, 0.1) is 19.4 Å². The Kier molecular flexibility index (Phi) is 5.38. The molecule has 4 heteroatoms. The van der Waals surface area contributed by atoms with Crippen LogP contribution in [0.15, 0.2) is 102 Å². The Morgan fingerprint density at radius 1 is 0.821 bits per heavy atom. The van der Waals surface area contributed by atoms with Crippen LogP contribution in [0.1, 0.15) is 27.4 Å². The van der Waals surface area contributed by atoms with Crippen LogP contribution in [0.5, 0.6) is 0 Å². The molecule has 0 saturated carbocycles. The molecule has 0 fully saturated rings. The van der Waals surface area contributed by atoms with Crippen molar-refractivity contribution in [1.82, 2.24) is 9.47 Å². The molecule has 140 valence electrons. The SMILES string of the molecule is O=C(c1ccccc1)N(Cc1ccco1)Cc1cccn1Cc1ccccc1. The molecule has 2 aromatic carbocycles. The molecule has 4 aromatic rings. The Morgan fingerprint density at radius 2 is 1.57 bits per heavy atom. The fourth-order valence-corrected chi connectivity index (χ4v) is 3.28. The summed E-state index contributed by atoms with van der Waals surface area (Å²) in [5, 5.41) is 0. The molecular formula is C24H22N2O2. The zero-order valence-electron chi connectivity index (χ0n) is 15.6. The quantitative estimate of drug-likeness (QED) is 0.461. The Hall–Kier alpha value is -3.53. The number of aromatic nitrogens is 1. The molecule has 0 aliphatic heterocycles. The van der Waals surface area contributed by atoms with Gasteiger partial charge in [-0.3, -0.25) is 4.79 Å². The second-order valence-corrected chi connectivity index (χ2v) is 6.72. The molecule has 0 aliphatic rings. The molecule has 0 unspecified atom stereocenters. The summed E-state index contributed by atoms with van der Waals surface area (Å²) in [5.74, 6) is 0.759. The number of nitrogens with zero attached hydrogens (tertiary/aromatic N) is 2. The van der Waals surface area contributed by atoms with Crippen molar-refractivity contribution in [2.45, 2.75) is 19.6 Å². The third kappa shape index (κ3) is 4.23. The van der Waals surface area contributed by atoms with Gasteiger partial charge in [0, 0.05) is 24.0 Å². The second kappa shape index (κ2) is 8.44. The van der Waals surface area contributed by atoms with Crippen LogP contribution in [-0.2, 0) is 19.6 Å². The van der Waals surface area contributed by atoms with Crippen LogP contribution in [0.4, 0.5) is 0 Å². The lowest BCUT2D eigenvalue weighted by atomic mass is 10.2. The Labute approximate surface area is 164 Å². The lowest BCUT2D eigenvalue weighted by Gasteiger charge is -2.23. The van der Waals surface area contributed by atoms with Gasteiger partial charge in [-0.25, -0.2) is 0 Å². The van der Waals surface area contributed by atoms with Gasteiger partial charge in [0.1, 0.15) is 5.76 Å². The molecule has 2 aromatic heterocycles. The number of furan rings is 1. The summed E-state index contributed by atoms with van der Waals surface area (Å²) in [5.41, 5.74) is 2.99. The van der Waals surface area contributed by atoms with Crippen molar-refractivity contribution in [2.24, 2.45) is 0 Å². The minimum Gasteiger partial charge on any atom is -0.467 e. The van der Waals surface area contributed by atoms with E-state index in [4.69, 9.17) is 4.42 Å². The average molecular weight is 370 g/mol. The second-order valence-electron chi connectivity index (χ2n) is 6.72. The van der Waals surface area contributed by atoms with Crippen LogP contribution in [0.3, 0.4) is 0 Å². The highest BCUT2D eigenvalue weighted by Crippen LogP contribution is 2.16. The maximum Gasteiger partial charge on any atom is 0.254 e. The van der Waals surface area contributed by atoms with Gasteiger partial charge in [-0.2, -0.15) is 0 Å². The van der Waals surface area contributed by atoms with E-state index in [2.05, 4.69) is 29.0 Å². The van der Waals surface area contributed by atoms with E-state index >= 15 is 0 Å². The molecule has 0 atom stereocenters. The minimum absolute atomic E-state index is 0.00976. The van der Waals surface area contributed by atoms with Crippen molar-refractivity contribution in [1.29, 1.82) is 0 Å². The summed E-state index contributed by atoms with van der Waals surface area (Å²) < 4.78 is 7.68. The van der Waals surface area contributed by atoms with Crippen molar-refractivity contribution >= 4 is 5.91 Å². The maximum absolute atomic E-state index is 13.1.